The summed E-state index contributed by atoms with van der Waals surface area (Å²) in [5.41, 5.74) is 6.03. The van der Waals surface area contributed by atoms with Crippen LogP contribution in [0.1, 0.15) is 107 Å². The molecule has 0 bridgehead atoms. The number of hydrogen-bond acceptors (Lipinski definition) is 5. The third-order valence-corrected chi connectivity index (χ3v) is 15.4. The molecule has 0 N–H and O–H groups in total. The minimum Gasteiger partial charge on any atom is -0.508 e. The van der Waals surface area contributed by atoms with Gasteiger partial charge in [0.15, 0.2) is 0 Å². The second-order valence-corrected chi connectivity index (χ2v) is 22.2. The minimum atomic E-state index is -0.706. The molecule has 11 aromatic rings. The molecule has 0 atom stereocenters. The number of aromatic nitrogens is 5. The number of fused-ring (bicyclic) bond motifs is 3. The van der Waals surface area contributed by atoms with Crippen molar-refractivity contribution in [1.29, 1.82) is 0 Å². The summed E-state index contributed by atoms with van der Waals surface area (Å²) in [6, 6.07) is 45.3. The molecule has 8 nitrogen and oxygen atoms in total. The topological polar surface area (TPSA) is 71.7 Å². The average Bonchev–Trinajstić information content (AvgIpc) is 1.70. The first-order valence-electron chi connectivity index (χ1n) is 31.6. The maximum absolute atomic E-state index is 9.25. The summed E-state index contributed by atoms with van der Waals surface area (Å²) in [5, 5.41) is 1.79. The van der Waals surface area contributed by atoms with Crippen LogP contribution < -0.4 is 4.74 Å². The fourth-order valence-corrected chi connectivity index (χ4v) is 10.5. The minimum absolute atomic E-state index is 0. The number of hydrogen-bond donors (Lipinski definition) is 0. The van der Waals surface area contributed by atoms with Crippen molar-refractivity contribution in [1.82, 2.24) is 24.5 Å². The molecule has 3 aromatic heterocycles. The third-order valence-electron chi connectivity index (χ3n) is 15.4. The Morgan fingerprint density at radius 3 is 1.73 bits per heavy atom. The monoisotopic (exact) mass is 1250 g/mol. The molecule has 9 heteroatoms. The van der Waals surface area contributed by atoms with Gasteiger partial charge < -0.3 is 9.30 Å². The van der Waals surface area contributed by atoms with Gasteiger partial charge in [-0.3, -0.25) is 0 Å². The van der Waals surface area contributed by atoms with E-state index in [4.69, 9.17) is 32.9 Å². The van der Waals surface area contributed by atoms with E-state index in [1.165, 1.54) is 0 Å². The summed E-state index contributed by atoms with van der Waals surface area (Å²) in [7, 11) is 0. The predicted octanol–water partition coefficient (Wildman–Crippen LogP) is 17.3. The maximum atomic E-state index is 9.25. The van der Waals surface area contributed by atoms with E-state index in [0.29, 0.717) is 56.7 Å². The van der Waals surface area contributed by atoms with Crippen LogP contribution in [0.2, 0.25) is 0 Å². The molecule has 0 unspecified atom stereocenters. The first-order valence-corrected chi connectivity index (χ1v) is 26.6. The number of benzene rings is 8. The first-order chi connectivity index (χ1) is 42.7. The van der Waals surface area contributed by atoms with Gasteiger partial charge >= 0.3 is 27.1 Å². The van der Waals surface area contributed by atoms with E-state index < -0.39 is 71.3 Å². The van der Waals surface area contributed by atoms with Crippen LogP contribution in [-0.2, 0) is 37.3 Å². The summed E-state index contributed by atoms with van der Waals surface area (Å²) >= 11 is 0. The van der Waals surface area contributed by atoms with Gasteiger partial charge in [0.25, 0.3) is 12.4 Å². The van der Waals surface area contributed by atoms with Crippen molar-refractivity contribution in [2.45, 2.75) is 85.5 Å². The SMILES string of the molecule is [2H]c1c([2H])c([2H])c(-c2c(C)c(C)c(C)c(-c3c([2H])c([2H])c([2H])c([2H])c3[2H])c2[N+]2=C=[N+](c3[c-]c(Oc4[c-]c5c(cc4-c4nc(C(C)(C)c6ccccc6)nc(C(C)(C)c6ccccc6)n4)c4ccccc4n5-c4cc(C(C)(C)C)ccn4)ccc3)C=C2)c([2H])c1[2H].[Pt+2]. The Kier molecular flexibility index (Phi) is 11.4. The zero-order chi connectivity index (χ0) is 64.2. The van der Waals surface area contributed by atoms with E-state index in [2.05, 4.69) is 120 Å². The number of nitrogens with zero attached hydrogens (tertiary/aromatic N) is 7. The molecule has 12 rings (SSSR count). The molecule has 0 aliphatic carbocycles. The molecule has 0 saturated carbocycles. The van der Waals surface area contributed by atoms with Gasteiger partial charge in [0.05, 0.1) is 24.8 Å². The van der Waals surface area contributed by atoms with Crippen molar-refractivity contribution in [3.63, 3.8) is 0 Å². The van der Waals surface area contributed by atoms with Crippen LogP contribution in [0.25, 0.3) is 61.3 Å². The van der Waals surface area contributed by atoms with Crippen LogP contribution in [0.4, 0.5) is 11.4 Å². The Hall–Kier alpha value is -8.67. The Morgan fingerprint density at radius 1 is 0.568 bits per heavy atom. The Morgan fingerprint density at radius 2 is 1.14 bits per heavy atom. The Bertz CT molecular complexity index is 4710. The second-order valence-electron chi connectivity index (χ2n) is 22.2. The van der Waals surface area contributed by atoms with Gasteiger partial charge in [-0.25, -0.2) is 19.9 Å². The molecule has 0 saturated heterocycles. The molecular formula is C72H63N7OPt+2. The van der Waals surface area contributed by atoms with Gasteiger partial charge in [0.2, 0.25) is 5.69 Å². The zero-order valence-electron chi connectivity index (χ0n) is 56.6. The summed E-state index contributed by atoms with van der Waals surface area (Å²) in [6.45, 7) is 20.3. The molecule has 1 aliphatic rings. The van der Waals surface area contributed by atoms with Crippen molar-refractivity contribution in [2.75, 3.05) is 0 Å². The normalized spacial score (nSPS) is 14.3. The molecule has 400 valence electrons. The zero-order valence-corrected chi connectivity index (χ0v) is 48.9. The molecule has 1 aliphatic heterocycles. The van der Waals surface area contributed by atoms with Crippen LogP contribution in [0.5, 0.6) is 11.5 Å². The number of ether oxygens (including phenoxy) is 1. The van der Waals surface area contributed by atoms with Crippen molar-refractivity contribution in [3.05, 3.63) is 258 Å². The Balaban J connectivity index is 0.00000850. The predicted molar refractivity (Wildman–Crippen MR) is 323 cm³/mol. The molecule has 0 spiro atoms. The molecular weight excluding hydrogens is 1170 g/mol. The van der Waals surface area contributed by atoms with Crippen LogP contribution in [-0.4, -0.2) is 39.7 Å². The summed E-state index contributed by atoms with van der Waals surface area (Å²) < 4.78 is 101. The van der Waals surface area contributed by atoms with E-state index >= 15 is 0 Å². The van der Waals surface area contributed by atoms with E-state index in [0.717, 1.165) is 33.0 Å². The molecule has 81 heavy (non-hydrogen) atoms. The van der Waals surface area contributed by atoms with Gasteiger partial charge in [-0.15, -0.1) is 23.6 Å². The van der Waals surface area contributed by atoms with E-state index in [9.17, 15) is 5.48 Å². The smallest absolute Gasteiger partial charge is 0.508 e. The van der Waals surface area contributed by atoms with E-state index in [-0.39, 0.29) is 65.9 Å². The van der Waals surface area contributed by atoms with Gasteiger partial charge in [-0.05, 0) is 128 Å². The maximum Gasteiger partial charge on any atom is 2.00 e. The molecule has 8 aromatic carbocycles. The van der Waals surface area contributed by atoms with Crippen molar-refractivity contribution in [2.24, 2.45) is 0 Å². The van der Waals surface area contributed by atoms with Crippen LogP contribution >= 0.6 is 0 Å². The van der Waals surface area contributed by atoms with Crippen LogP contribution in [0, 0.1) is 32.9 Å². The van der Waals surface area contributed by atoms with Crippen LogP contribution in [0.3, 0.4) is 0 Å². The standard InChI is InChI=1S/C72H63N7O.Pt/c1-47-48(2)64(50-26-15-11-16-27-50)66(65(49(47)3)51-28-17-12-18-29-51)78-41-40-77(46-78)55-34-25-35-56(43-55)80-62-45-61-58(57-36-23-24-37-60(57)79(61)63-42-54(38-39-73-63)70(4,5)6)44-59(62)67-74-68(71(7,8)52-30-19-13-20-31-52)76-69(75-67)72(9,10)53-32-21-14-22-33-53;/h11-42,44H,1-10H3;/q;+2/i11D,12D,15D,16D,17D,18D,26D,27D,28D,29D;. The average molecular weight is 1250 g/mol. The van der Waals surface area contributed by atoms with E-state index in [1.807, 2.05) is 60.8 Å². The van der Waals surface area contributed by atoms with Gasteiger partial charge in [0.1, 0.15) is 29.0 Å². The molecule has 4 heterocycles. The molecule has 0 radical (unpaired) electrons. The van der Waals surface area contributed by atoms with Crippen LogP contribution in [0.15, 0.2) is 200 Å². The number of para-hydroxylation sites is 1. The molecule has 0 fully saturated rings. The second kappa shape index (κ2) is 21.4. The van der Waals surface area contributed by atoms with E-state index in [1.54, 1.807) is 60.5 Å². The van der Waals surface area contributed by atoms with Gasteiger partial charge in [0, 0.05) is 34.0 Å². The van der Waals surface area contributed by atoms with Crippen molar-refractivity contribution >= 4 is 39.2 Å². The Labute approximate surface area is 503 Å². The summed E-state index contributed by atoms with van der Waals surface area (Å²) in [4.78, 5) is 21.1. The fraction of sp³-hybridized carbons (Fsp3) is 0.181. The third kappa shape index (κ3) is 9.98. The first kappa shape index (κ1) is 43.2. The van der Waals surface area contributed by atoms with Crippen molar-refractivity contribution in [3.8, 4) is 51.0 Å². The fourth-order valence-electron chi connectivity index (χ4n) is 10.5. The quantitative estimate of drug-likeness (QED) is 0.0900. The number of rotatable bonds is 12. The summed E-state index contributed by atoms with van der Waals surface area (Å²) in [5.74, 6) is 2.67. The van der Waals surface area contributed by atoms with Gasteiger partial charge in [-0.1, -0.05) is 187 Å². The largest absolute Gasteiger partial charge is 2.00 e. The van der Waals surface area contributed by atoms with Gasteiger partial charge in [-0.2, -0.15) is 6.07 Å². The molecule has 0 amide bonds. The van der Waals surface area contributed by atoms with Crippen molar-refractivity contribution < 1.29 is 48.7 Å². The summed E-state index contributed by atoms with van der Waals surface area (Å²) in [6.07, 6.45) is 5.17. The number of pyridine rings is 1.